The highest BCUT2D eigenvalue weighted by Gasteiger charge is 2.18. The Morgan fingerprint density at radius 1 is 1.69 bits per heavy atom. The number of rotatable bonds is 3. The van der Waals surface area contributed by atoms with Gasteiger partial charge in [-0.2, -0.15) is 0 Å². The van der Waals surface area contributed by atoms with Crippen molar-refractivity contribution in [2.45, 2.75) is 25.8 Å². The van der Waals surface area contributed by atoms with Gasteiger partial charge < -0.3 is 11.1 Å². The first kappa shape index (κ1) is 10.5. The molecule has 3 N–H and O–H groups in total. The summed E-state index contributed by atoms with van der Waals surface area (Å²) in [7, 11) is 0. The van der Waals surface area contributed by atoms with Crippen LogP contribution in [0.3, 0.4) is 0 Å². The summed E-state index contributed by atoms with van der Waals surface area (Å²) in [6, 6.07) is 0.443. The maximum absolute atomic E-state index is 11.1. The van der Waals surface area contributed by atoms with Gasteiger partial charge in [-0.15, -0.1) is 0 Å². The average molecular weight is 185 g/mol. The largest absolute Gasteiger partial charge is 0.355 e. The van der Waals surface area contributed by atoms with Crippen molar-refractivity contribution >= 4 is 5.91 Å². The SMILES string of the molecule is CC1CNC(=O)CCN1CCCN. The van der Waals surface area contributed by atoms with Crippen LogP contribution < -0.4 is 11.1 Å². The van der Waals surface area contributed by atoms with Gasteiger partial charge in [-0.25, -0.2) is 0 Å². The van der Waals surface area contributed by atoms with Crippen LogP contribution in [0.4, 0.5) is 0 Å². The van der Waals surface area contributed by atoms with E-state index in [1.54, 1.807) is 0 Å². The van der Waals surface area contributed by atoms with Crippen molar-refractivity contribution in [1.29, 1.82) is 0 Å². The molecule has 1 rings (SSSR count). The Morgan fingerprint density at radius 3 is 3.15 bits per heavy atom. The van der Waals surface area contributed by atoms with Crippen LogP contribution in [0.1, 0.15) is 19.8 Å². The zero-order chi connectivity index (χ0) is 9.68. The van der Waals surface area contributed by atoms with Crippen molar-refractivity contribution in [3.05, 3.63) is 0 Å². The summed E-state index contributed by atoms with van der Waals surface area (Å²) in [5, 5.41) is 2.89. The molecule has 0 spiro atoms. The summed E-state index contributed by atoms with van der Waals surface area (Å²) in [5.41, 5.74) is 5.45. The third kappa shape index (κ3) is 3.32. The molecule has 1 saturated heterocycles. The Kier molecular flexibility index (Phi) is 4.18. The molecule has 4 heteroatoms. The molecule has 13 heavy (non-hydrogen) atoms. The number of nitrogens with zero attached hydrogens (tertiary/aromatic N) is 1. The Bertz CT molecular complexity index is 172. The lowest BCUT2D eigenvalue weighted by molar-refractivity contribution is -0.120. The van der Waals surface area contributed by atoms with E-state index in [4.69, 9.17) is 5.73 Å². The lowest BCUT2D eigenvalue weighted by atomic mass is 10.2. The van der Waals surface area contributed by atoms with Crippen LogP contribution >= 0.6 is 0 Å². The van der Waals surface area contributed by atoms with Crippen molar-refractivity contribution in [1.82, 2.24) is 10.2 Å². The molecule has 4 nitrogen and oxygen atoms in total. The zero-order valence-corrected chi connectivity index (χ0v) is 8.25. The standard InChI is InChI=1S/C9H19N3O/c1-8-7-11-9(13)3-6-12(8)5-2-4-10/h8H,2-7,10H2,1H3,(H,11,13). The summed E-state index contributed by atoms with van der Waals surface area (Å²) in [6.07, 6.45) is 1.63. The Morgan fingerprint density at radius 2 is 2.46 bits per heavy atom. The highest BCUT2D eigenvalue weighted by molar-refractivity contribution is 5.76. The van der Waals surface area contributed by atoms with Crippen molar-refractivity contribution in [2.75, 3.05) is 26.2 Å². The molecule has 1 aliphatic heterocycles. The van der Waals surface area contributed by atoms with Crippen molar-refractivity contribution in [3.63, 3.8) is 0 Å². The lowest BCUT2D eigenvalue weighted by Crippen LogP contribution is -2.38. The number of amides is 1. The fourth-order valence-corrected chi connectivity index (χ4v) is 1.57. The van der Waals surface area contributed by atoms with Crippen LogP contribution in [-0.4, -0.2) is 43.0 Å². The summed E-state index contributed by atoms with van der Waals surface area (Å²) in [6.45, 7) is 5.51. The van der Waals surface area contributed by atoms with E-state index in [0.29, 0.717) is 12.5 Å². The molecule has 0 bridgehead atoms. The smallest absolute Gasteiger partial charge is 0.221 e. The van der Waals surface area contributed by atoms with Crippen LogP contribution in [0, 0.1) is 0 Å². The molecule has 1 atom stereocenters. The Balaban J connectivity index is 2.37. The molecule has 76 valence electrons. The highest BCUT2D eigenvalue weighted by atomic mass is 16.1. The molecule has 1 heterocycles. The van der Waals surface area contributed by atoms with Gasteiger partial charge in [-0.05, 0) is 26.4 Å². The maximum atomic E-state index is 11.1. The van der Waals surface area contributed by atoms with E-state index >= 15 is 0 Å². The van der Waals surface area contributed by atoms with E-state index in [0.717, 1.165) is 32.6 Å². The van der Waals surface area contributed by atoms with Crippen LogP contribution in [0.15, 0.2) is 0 Å². The molecule has 0 aliphatic carbocycles. The number of hydrogen-bond acceptors (Lipinski definition) is 3. The molecular formula is C9H19N3O. The van der Waals surface area contributed by atoms with Gasteiger partial charge in [0.05, 0.1) is 0 Å². The van der Waals surface area contributed by atoms with E-state index in [1.165, 1.54) is 0 Å². The van der Waals surface area contributed by atoms with Gasteiger partial charge in [0.15, 0.2) is 0 Å². The molecule has 1 aliphatic rings. The fraction of sp³-hybridized carbons (Fsp3) is 0.889. The minimum absolute atomic E-state index is 0.169. The third-order valence-electron chi connectivity index (χ3n) is 2.49. The normalized spacial score (nSPS) is 25.4. The van der Waals surface area contributed by atoms with E-state index in [-0.39, 0.29) is 5.91 Å². The highest BCUT2D eigenvalue weighted by Crippen LogP contribution is 2.04. The van der Waals surface area contributed by atoms with Gasteiger partial charge in [0, 0.05) is 25.6 Å². The molecule has 1 unspecified atom stereocenters. The topological polar surface area (TPSA) is 58.4 Å². The summed E-state index contributed by atoms with van der Waals surface area (Å²) in [4.78, 5) is 13.4. The van der Waals surface area contributed by atoms with Crippen molar-refractivity contribution in [2.24, 2.45) is 5.73 Å². The number of hydrogen-bond donors (Lipinski definition) is 2. The lowest BCUT2D eigenvalue weighted by Gasteiger charge is -2.25. The molecule has 0 saturated carbocycles. The zero-order valence-electron chi connectivity index (χ0n) is 8.25. The summed E-state index contributed by atoms with van der Waals surface area (Å²) in [5.74, 6) is 0.169. The Labute approximate surface area is 79.5 Å². The predicted molar refractivity (Wildman–Crippen MR) is 52.3 cm³/mol. The van der Waals surface area contributed by atoms with Crippen LogP contribution in [0.2, 0.25) is 0 Å². The summed E-state index contributed by atoms with van der Waals surface area (Å²) >= 11 is 0. The van der Waals surface area contributed by atoms with Gasteiger partial charge in [0.2, 0.25) is 5.91 Å². The van der Waals surface area contributed by atoms with Gasteiger partial charge in [-0.1, -0.05) is 0 Å². The van der Waals surface area contributed by atoms with Crippen molar-refractivity contribution < 1.29 is 4.79 Å². The van der Waals surface area contributed by atoms with Gasteiger partial charge in [0.25, 0.3) is 0 Å². The number of carbonyl (C=O) groups is 1. The number of carbonyl (C=O) groups excluding carboxylic acids is 1. The maximum Gasteiger partial charge on any atom is 0.221 e. The molecule has 0 aromatic carbocycles. The predicted octanol–water partition coefficient (Wildman–Crippen LogP) is -0.454. The van der Waals surface area contributed by atoms with E-state index in [2.05, 4.69) is 17.1 Å². The first-order valence-corrected chi connectivity index (χ1v) is 4.95. The first-order chi connectivity index (χ1) is 6.24. The molecule has 0 radical (unpaired) electrons. The minimum Gasteiger partial charge on any atom is -0.355 e. The van der Waals surface area contributed by atoms with Crippen molar-refractivity contribution in [3.8, 4) is 0 Å². The average Bonchev–Trinajstić information content (AvgIpc) is 2.28. The minimum atomic E-state index is 0.169. The van der Waals surface area contributed by atoms with E-state index in [9.17, 15) is 4.79 Å². The first-order valence-electron chi connectivity index (χ1n) is 4.95. The van der Waals surface area contributed by atoms with Crippen LogP contribution in [0.5, 0.6) is 0 Å². The van der Waals surface area contributed by atoms with E-state index < -0.39 is 0 Å². The number of nitrogens with one attached hydrogen (secondary N) is 1. The summed E-state index contributed by atoms with van der Waals surface area (Å²) < 4.78 is 0. The molecule has 1 fully saturated rings. The fourth-order valence-electron chi connectivity index (χ4n) is 1.57. The van der Waals surface area contributed by atoms with Crippen LogP contribution in [0.25, 0.3) is 0 Å². The molecule has 0 aromatic heterocycles. The molecule has 1 amide bonds. The second-order valence-corrected chi connectivity index (χ2v) is 3.58. The van der Waals surface area contributed by atoms with Crippen LogP contribution in [-0.2, 0) is 4.79 Å². The Hall–Kier alpha value is -0.610. The van der Waals surface area contributed by atoms with Gasteiger partial charge >= 0.3 is 0 Å². The second kappa shape index (κ2) is 5.19. The quantitative estimate of drug-likeness (QED) is 0.626. The van der Waals surface area contributed by atoms with E-state index in [1.807, 2.05) is 0 Å². The second-order valence-electron chi connectivity index (χ2n) is 3.58. The molecular weight excluding hydrogens is 166 g/mol. The van der Waals surface area contributed by atoms with Gasteiger partial charge in [0.1, 0.15) is 0 Å². The van der Waals surface area contributed by atoms with Gasteiger partial charge in [-0.3, -0.25) is 9.69 Å². The number of nitrogens with two attached hydrogens (primary N) is 1. The molecule has 0 aromatic rings. The third-order valence-corrected chi connectivity index (χ3v) is 2.49. The monoisotopic (exact) mass is 185 g/mol.